The smallest absolute Gasteiger partial charge is 0.195 e. The summed E-state index contributed by atoms with van der Waals surface area (Å²) in [7, 11) is 0. The average Bonchev–Trinajstić information content (AvgIpc) is 2.49. The lowest BCUT2D eigenvalue weighted by Gasteiger charge is -2.37. The number of hydrogen-bond acceptors (Lipinski definition) is 4. The van der Waals surface area contributed by atoms with E-state index in [0.29, 0.717) is 0 Å². The second kappa shape index (κ2) is 2.32. The van der Waals surface area contributed by atoms with Crippen molar-refractivity contribution in [3.63, 3.8) is 0 Å². The van der Waals surface area contributed by atoms with E-state index in [-0.39, 0.29) is 24.4 Å². The van der Waals surface area contributed by atoms with Crippen LogP contribution in [0.4, 0.5) is 0 Å². The van der Waals surface area contributed by atoms with Crippen molar-refractivity contribution in [2.45, 2.75) is 63.7 Å². The van der Waals surface area contributed by atoms with E-state index >= 15 is 0 Å². The van der Waals surface area contributed by atoms with Crippen molar-refractivity contribution in [1.82, 2.24) is 0 Å². The molecule has 0 spiro atoms. The lowest BCUT2D eigenvalue weighted by atomic mass is 10.1. The van der Waals surface area contributed by atoms with Crippen LogP contribution in [0.2, 0.25) is 0 Å². The Hall–Kier alpha value is -0.160. The third-order valence-electron chi connectivity index (χ3n) is 3.45. The molecule has 3 aliphatic heterocycles. The van der Waals surface area contributed by atoms with Gasteiger partial charge in [0.2, 0.25) is 0 Å². The number of rotatable bonds is 0. The van der Waals surface area contributed by atoms with Crippen molar-refractivity contribution in [1.29, 1.82) is 0 Å². The lowest BCUT2D eigenvalue weighted by molar-refractivity contribution is -0.313. The summed E-state index contributed by atoms with van der Waals surface area (Å²) >= 11 is 0. The monoisotopic (exact) mass is 200 g/mol. The molecule has 0 aromatic carbocycles. The van der Waals surface area contributed by atoms with Gasteiger partial charge in [0, 0.05) is 0 Å². The number of hydrogen-bond donors (Lipinski definition) is 0. The minimum Gasteiger partial charge on any atom is -0.342 e. The summed E-state index contributed by atoms with van der Waals surface area (Å²) in [5.74, 6) is -1.25. The van der Waals surface area contributed by atoms with Crippen molar-refractivity contribution in [2.75, 3.05) is 0 Å². The van der Waals surface area contributed by atoms with Crippen LogP contribution in [0.1, 0.15) is 27.7 Å². The fourth-order valence-corrected chi connectivity index (χ4v) is 2.95. The van der Waals surface area contributed by atoms with Crippen molar-refractivity contribution in [2.24, 2.45) is 0 Å². The molecule has 3 rings (SSSR count). The molecule has 3 aliphatic rings. The van der Waals surface area contributed by atoms with Crippen molar-refractivity contribution < 1.29 is 18.9 Å². The van der Waals surface area contributed by atoms with E-state index in [1.807, 2.05) is 27.7 Å². The van der Waals surface area contributed by atoms with Gasteiger partial charge in [0.15, 0.2) is 11.6 Å². The molecule has 14 heavy (non-hydrogen) atoms. The largest absolute Gasteiger partial charge is 0.342 e. The maximum absolute atomic E-state index is 5.89. The summed E-state index contributed by atoms with van der Waals surface area (Å²) in [6.07, 6.45) is -0.174. The van der Waals surface area contributed by atoms with E-state index in [9.17, 15) is 0 Å². The number of ether oxygens (including phenoxy) is 4. The van der Waals surface area contributed by atoms with Crippen LogP contribution in [-0.4, -0.2) is 36.0 Å². The third-order valence-corrected chi connectivity index (χ3v) is 3.45. The van der Waals surface area contributed by atoms with E-state index in [2.05, 4.69) is 0 Å². The van der Waals surface area contributed by atoms with Crippen LogP contribution in [0.25, 0.3) is 0 Å². The maximum Gasteiger partial charge on any atom is 0.195 e. The molecule has 0 saturated carbocycles. The van der Waals surface area contributed by atoms with E-state index in [4.69, 9.17) is 18.9 Å². The summed E-state index contributed by atoms with van der Waals surface area (Å²) in [6.45, 7) is 7.86. The highest BCUT2D eigenvalue weighted by Crippen LogP contribution is 2.51. The van der Waals surface area contributed by atoms with Crippen LogP contribution in [0, 0.1) is 0 Å². The molecule has 0 N–H and O–H groups in total. The molecule has 6 atom stereocenters. The SMILES string of the molecule is C[C@@H]1O[C@]2(C)O[C@H]1[C@]1(C)O[C@@H](C)[C@H]2O1. The Balaban J connectivity index is 2.04. The number of fused-ring (bicyclic) bond motifs is 6. The first-order chi connectivity index (χ1) is 6.45. The highest BCUT2D eigenvalue weighted by atomic mass is 16.9. The topological polar surface area (TPSA) is 36.9 Å². The molecule has 80 valence electrons. The van der Waals surface area contributed by atoms with Crippen LogP contribution in [-0.2, 0) is 18.9 Å². The third kappa shape index (κ3) is 0.877. The molecule has 4 nitrogen and oxygen atoms in total. The van der Waals surface area contributed by atoms with Gasteiger partial charge in [-0.15, -0.1) is 0 Å². The van der Waals surface area contributed by atoms with Crippen LogP contribution < -0.4 is 0 Å². The minimum atomic E-state index is -0.625. The van der Waals surface area contributed by atoms with Crippen LogP contribution in [0.15, 0.2) is 0 Å². The van der Waals surface area contributed by atoms with E-state index in [0.717, 1.165) is 0 Å². The van der Waals surface area contributed by atoms with E-state index < -0.39 is 11.6 Å². The molecular weight excluding hydrogens is 184 g/mol. The zero-order valence-electron chi connectivity index (χ0n) is 8.94. The Labute approximate surface area is 83.5 Å². The van der Waals surface area contributed by atoms with E-state index in [1.54, 1.807) is 0 Å². The molecule has 0 aliphatic carbocycles. The molecule has 0 unspecified atom stereocenters. The molecule has 0 aromatic heterocycles. The first kappa shape index (κ1) is 9.09. The standard InChI is InChI=1S/C10H16O4/c1-5-7-9(3)12-6(2)8(14-9)10(4,11-5)13-7/h5-8H,1-4H3/t5-,6-,7+,8+,9+,10+/m0/s1. The first-order valence-corrected chi connectivity index (χ1v) is 5.16. The normalized spacial score (nSPS) is 66.0. The molecule has 4 bridgehead atoms. The highest BCUT2D eigenvalue weighted by molar-refractivity contribution is 5.04. The summed E-state index contributed by atoms with van der Waals surface area (Å²) in [5.41, 5.74) is 0. The summed E-state index contributed by atoms with van der Waals surface area (Å²) < 4.78 is 23.4. The van der Waals surface area contributed by atoms with Crippen molar-refractivity contribution in [3.05, 3.63) is 0 Å². The Kier molecular flexibility index (Phi) is 1.51. The van der Waals surface area contributed by atoms with Crippen LogP contribution in [0.5, 0.6) is 0 Å². The van der Waals surface area contributed by atoms with Crippen LogP contribution in [0.3, 0.4) is 0 Å². The second-order valence-electron chi connectivity index (χ2n) is 4.75. The quantitative estimate of drug-likeness (QED) is 0.585. The van der Waals surface area contributed by atoms with E-state index in [1.165, 1.54) is 0 Å². The van der Waals surface area contributed by atoms with Crippen molar-refractivity contribution >= 4 is 0 Å². The molecule has 3 saturated heterocycles. The van der Waals surface area contributed by atoms with Gasteiger partial charge in [-0.2, -0.15) is 0 Å². The summed E-state index contributed by atoms with van der Waals surface area (Å²) in [6, 6.07) is 0. The molecule has 3 fully saturated rings. The molecular formula is C10H16O4. The fraction of sp³-hybridized carbons (Fsp3) is 1.00. The zero-order valence-corrected chi connectivity index (χ0v) is 8.94. The van der Waals surface area contributed by atoms with Gasteiger partial charge < -0.3 is 18.9 Å². The van der Waals surface area contributed by atoms with Crippen molar-refractivity contribution in [3.8, 4) is 0 Å². The van der Waals surface area contributed by atoms with Gasteiger partial charge in [-0.3, -0.25) is 0 Å². The zero-order chi connectivity index (χ0) is 10.1. The van der Waals surface area contributed by atoms with Gasteiger partial charge >= 0.3 is 0 Å². The van der Waals surface area contributed by atoms with Gasteiger partial charge in [0.25, 0.3) is 0 Å². The predicted octanol–water partition coefficient (Wildman–Crippen LogP) is 1.04. The summed E-state index contributed by atoms with van der Waals surface area (Å²) in [4.78, 5) is 0. The highest BCUT2D eigenvalue weighted by Gasteiger charge is 2.68. The fourth-order valence-electron chi connectivity index (χ4n) is 2.95. The lowest BCUT2D eigenvalue weighted by Crippen LogP contribution is -2.53. The molecule has 3 heterocycles. The molecule has 0 radical (unpaired) electrons. The Bertz CT molecular complexity index is 253. The molecule has 4 heteroatoms. The Morgan fingerprint density at radius 2 is 1.07 bits per heavy atom. The van der Waals surface area contributed by atoms with Gasteiger partial charge in [-0.05, 0) is 27.7 Å². The minimum absolute atomic E-state index is 0.0301. The van der Waals surface area contributed by atoms with Gasteiger partial charge in [0.1, 0.15) is 12.2 Å². The van der Waals surface area contributed by atoms with Gasteiger partial charge in [0.05, 0.1) is 12.2 Å². The first-order valence-electron chi connectivity index (χ1n) is 5.16. The van der Waals surface area contributed by atoms with Gasteiger partial charge in [-0.25, -0.2) is 0 Å². The Morgan fingerprint density at radius 3 is 1.43 bits per heavy atom. The van der Waals surface area contributed by atoms with Crippen LogP contribution >= 0.6 is 0 Å². The second-order valence-corrected chi connectivity index (χ2v) is 4.75. The predicted molar refractivity (Wildman–Crippen MR) is 47.7 cm³/mol. The average molecular weight is 200 g/mol. The Morgan fingerprint density at radius 1 is 0.714 bits per heavy atom. The van der Waals surface area contributed by atoms with Gasteiger partial charge in [-0.1, -0.05) is 0 Å². The maximum atomic E-state index is 5.89. The summed E-state index contributed by atoms with van der Waals surface area (Å²) in [5, 5.41) is 0. The molecule has 0 aromatic rings. The molecule has 0 amide bonds.